The third kappa shape index (κ3) is 1.84. The van der Waals surface area contributed by atoms with Crippen molar-refractivity contribution in [3.63, 3.8) is 0 Å². The minimum atomic E-state index is -0.178. The summed E-state index contributed by atoms with van der Waals surface area (Å²) in [5, 5.41) is 1.70. The fourth-order valence-corrected chi connectivity index (χ4v) is 3.10. The topological polar surface area (TPSA) is 56.9 Å². The number of hydrazine groups is 1. The Balaban J connectivity index is 2.00. The van der Waals surface area contributed by atoms with Gasteiger partial charge in [0.2, 0.25) is 0 Å². The molecule has 1 aliphatic heterocycles. The van der Waals surface area contributed by atoms with Gasteiger partial charge in [-0.25, -0.2) is 5.43 Å². The molecule has 0 saturated carbocycles. The molecule has 0 bridgehead atoms. The summed E-state index contributed by atoms with van der Waals surface area (Å²) in [6.45, 7) is 0. The number of amides is 1. The van der Waals surface area contributed by atoms with Crippen molar-refractivity contribution in [2.75, 3.05) is 0 Å². The lowest BCUT2D eigenvalue weighted by Gasteiger charge is -2.26. The number of nitrogens with one attached hydrogen (secondary N) is 3. The molecule has 0 radical (unpaired) electrons. The molecule has 1 atom stereocenters. The molecule has 2 heterocycles. The molecule has 1 aliphatic rings. The van der Waals surface area contributed by atoms with Gasteiger partial charge in [0.05, 0.1) is 6.04 Å². The average molecular weight is 298 g/mol. The Morgan fingerprint density at radius 3 is 2.62 bits per heavy atom. The van der Waals surface area contributed by atoms with Gasteiger partial charge in [-0.3, -0.25) is 10.2 Å². The Bertz CT molecular complexity index is 856. The van der Waals surface area contributed by atoms with E-state index in [1.54, 1.807) is 0 Å². The van der Waals surface area contributed by atoms with Crippen LogP contribution in [0.3, 0.4) is 0 Å². The van der Waals surface area contributed by atoms with Crippen LogP contribution < -0.4 is 10.9 Å². The first kappa shape index (κ1) is 12.4. The molecule has 21 heavy (non-hydrogen) atoms. The molecule has 104 valence electrons. The van der Waals surface area contributed by atoms with Gasteiger partial charge in [0, 0.05) is 21.5 Å². The van der Waals surface area contributed by atoms with Crippen LogP contribution in [0, 0.1) is 0 Å². The average Bonchev–Trinajstić information content (AvgIpc) is 2.89. The van der Waals surface area contributed by atoms with Crippen LogP contribution in [0.15, 0.2) is 48.5 Å². The van der Waals surface area contributed by atoms with Gasteiger partial charge in [-0.1, -0.05) is 48.0 Å². The van der Waals surface area contributed by atoms with E-state index in [1.807, 2.05) is 48.5 Å². The summed E-state index contributed by atoms with van der Waals surface area (Å²) in [5.41, 5.74) is 9.15. The van der Waals surface area contributed by atoms with Crippen molar-refractivity contribution in [2.45, 2.75) is 6.04 Å². The summed E-state index contributed by atoms with van der Waals surface area (Å²) in [7, 11) is 0. The molecular formula is C16H12ClN3O. The van der Waals surface area contributed by atoms with Crippen LogP contribution in [0.4, 0.5) is 0 Å². The van der Waals surface area contributed by atoms with Crippen molar-refractivity contribution in [3.8, 4) is 0 Å². The van der Waals surface area contributed by atoms with Gasteiger partial charge in [0.1, 0.15) is 5.69 Å². The zero-order chi connectivity index (χ0) is 14.4. The Hall–Kier alpha value is -2.30. The number of aromatic amines is 1. The molecule has 5 heteroatoms. The monoisotopic (exact) mass is 297 g/mol. The van der Waals surface area contributed by atoms with E-state index >= 15 is 0 Å². The summed E-state index contributed by atoms with van der Waals surface area (Å²) in [6, 6.07) is 15.3. The van der Waals surface area contributed by atoms with Crippen LogP contribution in [0.1, 0.15) is 27.7 Å². The molecular weight excluding hydrogens is 286 g/mol. The highest BCUT2D eigenvalue weighted by molar-refractivity contribution is 6.31. The Kier molecular flexibility index (Phi) is 2.74. The maximum atomic E-state index is 12.1. The normalized spacial score (nSPS) is 17.6. The lowest BCUT2D eigenvalue weighted by molar-refractivity contribution is 0.0909. The summed E-state index contributed by atoms with van der Waals surface area (Å²) in [5.74, 6) is -0.162. The second kappa shape index (κ2) is 4.62. The summed E-state index contributed by atoms with van der Waals surface area (Å²) < 4.78 is 0. The molecule has 2 aromatic carbocycles. The van der Waals surface area contributed by atoms with Crippen LogP contribution in [0.5, 0.6) is 0 Å². The predicted octanol–water partition coefficient (Wildman–Crippen LogP) is 3.16. The second-order valence-corrected chi connectivity index (χ2v) is 5.42. The lowest BCUT2D eigenvalue weighted by Crippen LogP contribution is -2.45. The zero-order valence-corrected chi connectivity index (χ0v) is 11.7. The van der Waals surface area contributed by atoms with E-state index in [0.717, 1.165) is 22.0 Å². The van der Waals surface area contributed by atoms with Crippen molar-refractivity contribution in [1.82, 2.24) is 15.8 Å². The SMILES string of the molecule is O=C1NNC(c2ccccc2Cl)c2c1[nH]c1ccccc21. The summed E-state index contributed by atoms with van der Waals surface area (Å²) in [6.07, 6.45) is 0. The highest BCUT2D eigenvalue weighted by Gasteiger charge is 2.31. The van der Waals surface area contributed by atoms with Crippen molar-refractivity contribution in [1.29, 1.82) is 0 Å². The number of rotatable bonds is 1. The smallest absolute Gasteiger partial charge is 0.282 e. The molecule has 0 saturated heterocycles. The second-order valence-electron chi connectivity index (χ2n) is 5.01. The number of hydrogen-bond donors (Lipinski definition) is 3. The van der Waals surface area contributed by atoms with Gasteiger partial charge >= 0.3 is 0 Å². The number of carbonyl (C=O) groups excluding carboxylic acids is 1. The van der Waals surface area contributed by atoms with Crippen molar-refractivity contribution >= 4 is 28.4 Å². The molecule has 4 nitrogen and oxygen atoms in total. The number of H-pyrrole nitrogens is 1. The molecule has 1 unspecified atom stereocenters. The minimum absolute atomic E-state index is 0.162. The van der Waals surface area contributed by atoms with E-state index in [4.69, 9.17) is 11.6 Å². The molecule has 3 aromatic rings. The standard InChI is InChI=1S/C16H12ClN3O/c17-11-7-3-1-5-9(11)14-13-10-6-2-4-8-12(10)18-15(13)16(21)20-19-14/h1-8,14,18-19H,(H,20,21). The molecule has 4 rings (SSSR count). The quantitative estimate of drug-likeness (QED) is 0.646. The Labute approximate surface area is 126 Å². The van der Waals surface area contributed by atoms with E-state index in [9.17, 15) is 4.79 Å². The molecule has 0 aliphatic carbocycles. The summed E-state index contributed by atoms with van der Waals surface area (Å²) >= 11 is 6.32. The highest BCUT2D eigenvalue weighted by atomic mass is 35.5. The van der Waals surface area contributed by atoms with Crippen LogP contribution in [0.25, 0.3) is 10.9 Å². The van der Waals surface area contributed by atoms with E-state index in [0.29, 0.717) is 10.7 Å². The number of carbonyl (C=O) groups is 1. The maximum absolute atomic E-state index is 12.1. The maximum Gasteiger partial charge on any atom is 0.282 e. The molecule has 3 N–H and O–H groups in total. The summed E-state index contributed by atoms with van der Waals surface area (Å²) in [4.78, 5) is 15.3. The van der Waals surface area contributed by atoms with Crippen molar-refractivity contribution in [2.24, 2.45) is 0 Å². The number of para-hydroxylation sites is 1. The van der Waals surface area contributed by atoms with Gasteiger partial charge in [0.25, 0.3) is 5.91 Å². The molecule has 0 fully saturated rings. The minimum Gasteiger partial charge on any atom is -0.350 e. The van der Waals surface area contributed by atoms with Crippen molar-refractivity contribution < 1.29 is 4.79 Å². The first-order valence-electron chi connectivity index (χ1n) is 6.66. The van der Waals surface area contributed by atoms with Gasteiger partial charge in [-0.15, -0.1) is 0 Å². The molecule has 0 spiro atoms. The Morgan fingerprint density at radius 2 is 1.76 bits per heavy atom. The first-order valence-corrected chi connectivity index (χ1v) is 7.04. The van der Waals surface area contributed by atoms with Crippen LogP contribution in [-0.2, 0) is 0 Å². The van der Waals surface area contributed by atoms with E-state index in [2.05, 4.69) is 15.8 Å². The molecule has 1 aromatic heterocycles. The third-order valence-electron chi connectivity index (χ3n) is 3.81. The van der Waals surface area contributed by atoms with Crippen LogP contribution >= 0.6 is 11.6 Å². The largest absolute Gasteiger partial charge is 0.350 e. The van der Waals surface area contributed by atoms with Crippen LogP contribution in [0.2, 0.25) is 5.02 Å². The zero-order valence-electron chi connectivity index (χ0n) is 11.0. The number of hydrogen-bond acceptors (Lipinski definition) is 2. The predicted molar refractivity (Wildman–Crippen MR) is 82.2 cm³/mol. The van der Waals surface area contributed by atoms with Gasteiger partial charge in [-0.05, 0) is 17.7 Å². The van der Waals surface area contributed by atoms with E-state index < -0.39 is 0 Å². The number of halogens is 1. The lowest BCUT2D eigenvalue weighted by atomic mass is 9.95. The fraction of sp³-hybridized carbons (Fsp3) is 0.0625. The number of aromatic nitrogens is 1. The van der Waals surface area contributed by atoms with E-state index in [1.165, 1.54) is 0 Å². The van der Waals surface area contributed by atoms with E-state index in [-0.39, 0.29) is 11.9 Å². The number of fused-ring (bicyclic) bond motifs is 3. The third-order valence-corrected chi connectivity index (χ3v) is 4.15. The van der Waals surface area contributed by atoms with Crippen molar-refractivity contribution in [3.05, 3.63) is 70.4 Å². The van der Waals surface area contributed by atoms with Crippen LogP contribution in [-0.4, -0.2) is 10.9 Å². The fourth-order valence-electron chi connectivity index (χ4n) is 2.86. The Morgan fingerprint density at radius 1 is 1.00 bits per heavy atom. The van der Waals surface area contributed by atoms with Gasteiger partial charge < -0.3 is 4.98 Å². The molecule has 1 amide bonds. The van der Waals surface area contributed by atoms with Gasteiger partial charge in [-0.2, -0.15) is 0 Å². The highest BCUT2D eigenvalue weighted by Crippen LogP contribution is 2.36. The number of benzene rings is 2. The first-order chi connectivity index (χ1) is 10.3. The van der Waals surface area contributed by atoms with Gasteiger partial charge in [0.15, 0.2) is 0 Å².